The van der Waals surface area contributed by atoms with Gasteiger partial charge < -0.3 is 19.0 Å². The molecule has 0 spiro atoms. The smallest absolute Gasteiger partial charge is 0.304 e. The van der Waals surface area contributed by atoms with E-state index in [2.05, 4.69) is 4.98 Å². The number of aryl methyl sites for hydroxylation is 1. The number of pyridine rings is 1. The van der Waals surface area contributed by atoms with Crippen molar-refractivity contribution in [3.05, 3.63) is 59.5 Å². The van der Waals surface area contributed by atoms with Gasteiger partial charge in [0.05, 0.1) is 26.3 Å². The van der Waals surface area contributed by atoms with Gasteiger partial charge in [0.2, 0.25) is 0 Å². The first kappa shape index (κ1) is 16.8. The Hall–Kier alpha value is -3.02. The maximum Gasteiger partial charge on any atom is 0.304 e. The molecule has 0 saturated heterocycles. The van der Waals surface area contributed by atoms with Crippen molar-refractivity contribution in [1.29, 1.82) is 0 Å². The van der Waals surface area contributed by atoms with Crippen LogP contribution in [0.2, 0.25) is 0 Å². The second-order valence-electron chi connectivity index (χ2n) is 5.86. The molecule has 2 aromatic heterocycles. The summed E-state index contributed by atoms with van der Waals surface area (Å²) < 4.78 is 12.6. The van der Waals surface area contributed by atoms with E-state index in [-0.39, 0.29) is 12.3 Å². The molecule has 6 nitrogen and oxygen atoms in total. The first-order chi connectivity index (χ1) is 12.0. The number of hydrogen-bond acceptors (Lipinski definition) is 4. The van der Waals surface area contributed by atoms with Gasteiger partial charge in [-0.25, -0.2) is 4.98 Å². The fourth-order valence-corrected chi connectivity index (χ4v) is 3.03. The van der Waals surface area contributed by atoms with Crippen LogP contribution in [-0.4, -0.2) is 34.7 Å². The molecule has 1 aromatic carbocycles. The van der Waals surface area contributed by atoms with Gasteiger partial charge in [0.25, 0.3) is 0 Å². The Balaban J connectivity index is 2.18. The van der Waals surface area contributed by atoms with Crippen LogP contribution in [0.25, 0.3) is 5.65 Å². The highest BCUT2D eigenvalue weighted by molar-refractivity contribution is 5.69. The highest BCUT2D eigenvalue weighted by atomic mass is 16.5. The summed E-state index contributed by atoms with van der Waals surface area (Å²) in [6.07, 6.45) is 3.58. The van der Waals surface area contributed by atoms with Crippen LogP contribution in [0.1, 0.15) is 29.2 Å². The first-order valence-electron chi connectivity index (χ1n) is 7.90. The second kappa shape index (κ2) is 6.84. The van der Waals surface area contributed by atoms with Crippen molar-refractivity contribution in [1.82, 2.24) is 9.38 Å². The van der Waals surface area contributed by atoms with Crippen molar-refractivity contribution in [2.45, 2.75) is 19.3 Å². The lowest BCUT2D eigenvalue weighted by Crippen LogP contribution is -2.11. The quantitative estimate of drug-likeness (QED) is 0.745. The van der Waals surface area contributed by atoms with E-state index in [4.69, 9.17) is 9.47 Å². The molecule has 0 saturated carbocycles. The van der Waals surface area contributed by atoms with E-state index >= 15 is 0 Å². The molecule has 0 bridgehead atoms. The second-order valence-corrected chi connectivity index (χ2v) is 5.86. The third kappa shape index (κ3) is 3.28. The third-order valence-corrected chi connectivity index (χ3v) is 4.27. The van der Waals surface area contributed by atoms with Gasteiger partial charge in [-0.2, -0.15) is 0 Å². The number of carboxylic acids is 1. The van der Waals surface area contributed by atoms with Crippen LogP contribution in [0.3, 0.4) is 0 Å². The van der Waals surface area contributed by atoms with Gasteiger partial charge in [-0.15, -0.1) is 0 Å². The highest BCUT2D eigenvalue weighted by Crippen LogP contribution is 2.34. The Morgan fingerprint density at radius 2 is 1.92 bits per heavy atom. The van der Waals surface area contributed by atoms with E-state index in [1.54, 1.807) is 26.5 Å². The molecule has 1 atom stereocenters. The molecule has 1 N–H and O–H groups in total. The van der Waals surface area contributed by atoms with Crippen molar-refractivity contribution in [2.75, 3.05) is 14.2 Å². The molecule has 0 aliphatic carbocycles. The monoisotopic (exact) mass is 340 g/mol. The van der Waals surface area contributed by atoms with Crippen molar-refractivity contribution in [2.24, 2.45) is 0 Å². The molecule has 0 amide bonds. The molecule has 3 rings (SSSR count). The van der Waals surface area contributed by atoms with E-state index in [9.17, 15) is 9.90 Å². The van der Waals surface area contributed by atoms with E-state index in [0.29, 0.717) is 11.5 Å². The Kier molecular flexibility index (Phi) is 4.61. The van der Waals surface area contributed by atoms with Gasteiger partial charge >= 0.3 is 5.97 Å². The molecule has 3 aromatic rings. The van der Waals surface area contributed by atoms with Crippen molar-refractivity contribution < 1.29 is 19.4 Å². The van der Waals surface area contributed by atoms with Gasteiger partial charge in [0, 0.05) is 24.4 Å². The molecule has 0 aliphatic rings. The molecular formula is C19H20N2O4. The fourth-order valence-electron chi connectivity index (χ4n) is 3.03. The molecule has 6 heteroatoms. The maximum absolute atomic E-state index is 11.5. The SMILES string of the molecule is COc1cc(OC)cc(C(CC(=O)O)c2cnc3c(C)cccn23)c1. The summed E-state index contributed by atoms with van der Waals surface area (Å²) in [6.45, 7) is 1.98. The average molecular weight is 340 g/mol. The molecule has 0 aliphatic heterocycles. The van der Waals surface area contributed by atoms with Crippen molar-refractivity contribution >= 4 is 11.6 Å². The predicted octanol–water partition coefficient (Wildman–Crippen LogP) is 3.27. The number of carboxylic acid groups (broad SMARTS) is 1. The highest BCUT2D eigenvalue weighted by Gasteiger charge is 2.23. The van der Waals surface area contributed by atoms with Crippen LogP contribution in [0.15, 0.2) is 42.7 Å². The van der Waals surface area contributed by atoms with E-state index in [1.165, 1.54) is 0 Å². The van der Waals surface area contributed by atoms with Gasteiger partial charge in [-0.1, -0.05) is 6.07 Å². The topological polar surface area (TPSA) is 73.1 Å². The van der Waals surface area contributed by atoms with Gasteiger partial charge in [-0.05, 0) is 36.2 Å². The van der Waals surface area contributed by atoms with Gasteiger partial charge in [0.1, 0.15) is 17.1 Å². The summed E-state index contributed by atoms with van der Waals surface area (Å²) in [5.41, 5.74) is 3.48. The summed E-state index contributed by atoms with van der Waals surface area (Å²) in [5.74, 6) is -0.0165. The number of hydrogen-bond donors (Lipinski definition) is 1. The summed E-state index contributed by atoms with van der Waals surface area (Å²) >= 11 is 0. The number of aromatic nitrogens is 2. The molecule has 0 fully saturated rings. The van der Waals surface area contributed by atoms with Crippen LogP contribution >= 0.6 is 0 Å². The van der Waals surface area contributed by atoms with Crippen molar-refractivity contribution in [3.63, 3.8) is 0 Å². The lowest BCUT2D eigenvalue weighted by atomic mass is 9.92. The van der Waals surface area contributed by atoms with Crippen LogP contribution in [0, 0.1) is 6.92 Å². The Morgan fingerprint density at radius 1 is 1.24 bits per heavy atom. The number of methoxy groups -OCH3 is 2. The number of carbonyl (C=O) groups is 1. The van der Waals surface area contributed by atoms with E-state index in [1.807, 2.05) is 41.8 Å². The molecule has 130 valence electrons. The summed E-state index contributed by atoms with van der Waals surface area (Å²) in [4.78, 5) is 16.0. The van der Waals surface area contributed by atoms with Crippen LogP contribution in [0.4, 0.5) is 0 Å². The standard InChI is InChI=1S/C19H20N2O4/c1-12-5-4-6-21-17(11-20-19(12)21)16(10-18(22)23)13-7-14(24-2)9-15(8-13)25-3/h4-9,11,16H,10H2,1-3H3,(H,22,23). The zero-order valence-electron chi connectivity index (χ0n) is 14.4. The Morgan fingerprint density at radius 3 is 2.52 bits per heavy atom. The number of nitrogens with zero attached hydrogens (tertiary/aromatic N) is 2. The number of fused-ring (bicyclic) bond motifs is 1. The minimum atomic E-state index is -0.880. The van der Waals surface area contributed by atoms with E-state index < -0.39 is 5.97 Å². The predicted molar refractivity (Wildman–Crippen MR) is 93.6 cm³/mol. The summed E-state index contributed by atoms with van der Waals surface area (Å²) in [6, 6.07) is 9.35. The zero-order valence-corrected chi connectivity index (χ0v) is 14.4. The van der Waals surface area contributed by atoms with E-state index in [0.717, 1.165) is 22.5 Å². The minimum Gasteiger partial charge on any atom is -0.497 e. The van der Waals surface area contributed by atoms with Crippen LogP contribution < -0.4 is 9.47 Å². The van der Waals surface area contributed by atoms with Crippen molar-refractivity contribution in [3.8, 4) is 11.5 Å². The number of imidazole rings is 1. The summed E-state index contributed by atoms with van der Waals surface area (Å²) in [7, 11) is 3.14. The molecule has 1 unspecified atom stereocenters. The maximum atomic E-state index is 11.5. The number of benzene rings is 1. The van der Waals surface area contributed by atoms with Gasteiger partial charge in [0.15, 0.2) is 0 Å². The largest absolute Gasteiger partial charge is 0.497 e. The number of ether oxygens (including phenoxy) is 2. The molecular weight excluding hydrogens is 320 g/mol. The minimum absolute atomic E-state index is 0.0575. The Labute approximate surface area is 145 Å². The van der Waals surface area contributed by atoms with Crippen LogP contribution in [0.5, 0.6) is 11.5 Å². The lowest BCUT2D eigenvalue weighted by molar-refractivity contribution is -0.137. The molecule has 2 heterocycles. The molecule has 25 heavy (non-hydrogen) atoms. The third-order valence-electron chi connectivity index (χ3n) is 4.27. The lowest BCUT2D eigenvalue weighted by Gasteiger charge is -2.17. The first-order valence-corrected chi connectivity index (χ1v) is 7.90. The average Bonchev–Trinajstić information content (AvgIpc) is 3.04. The zero-order chi connectivity index (χ0) is 18.0. The normalized spacial score (nSPS) is 12.1. The fraction of sp³-hybridized carbons (Fsp3) is 0.263. The summed E-state index contributed by atoms with van der Waals surface area (Å²) in [5, 5.41) is 9.43. The van der Waals surface area contributed by atoms with Gasteiger partial charge in [-0.3, -0.25) is 4.79 Å². The number of rotatable bonds is 6. The molecule has 0 radical (unpaired) electrons. The number of aliphatic carboxylic acids is 1. The van der Waals surface area contributed by atoms with Crippen LogP contribution in [-0.2, 0) is 4.79 Å². The Bertz CT molecular complexity index is 895.